The molecule has 1 rings (SSSR count). The van der Waals surface area contributed by atoms with Gasteiger partial charge in [0, 0.05) is 19.7 Å². The van der Waals surface area contributed by atoms with Crippen LogP contribution in [0.1, 0.15) is 24.2 Å². The van der Waals surface area contributed by atoms with Crippen LogP contribution in [0.25, 0.3) is 0 Å². The van der Waals surface area contributed by atoms with Crippen LogP contribution in [-0.4, -0.2) is 37.1 Å². The van der Waals surface area contributed by atoms with E-state index >= 15 is 0 Å². The predicted octanol–water partition coefficient (Wildman–Crippen LogP) is 2.54. The van der Waals surface area contributed by atoms with Gasteiger partial charge < -0.3 is 14.1 Å². The van der Waals surface area contributed by atoms with Crippen molar-refractivity contribution in [2.75, 3.05) is 20.3 Å². The Bertz CT molecular complexity index is 351. The van der Waals surface area contributed by atoms with Crippen molar-refractivity contribution in [3.63, 3.8) is 0 Å². The molecule has 16 heavy (non-hydrogen) atoms. The number of ether oxygens (including phenoxy) is 1. The lowest BCUT2D eigenvalue weighted by Gasteiger charge is -2.26. The summed E-state index contributed by atoms with van der Waals surface area (Å²) in [4.78, 5) is 13.8. The van der Waals surface area contributed by atoms with E-state index in [1.165, 1.54) is 6.26 Å². The summed E-state index contributed by atoms with van der Waals surface area (Å²) in [5.41, 5.74) is 0.552. The topological polar surface area (TPSA) is 42.7 Å². The van der Waals surface area contributed by atoms with Gasteiger partial charge in [0.25, 0.3) is 5.91 Å². The first-order chi connectivity index (χ1) is 7.60. The molecule has 1 atom stereocenters. The van der Waals surface area contributed by atoms with Crippen molar-refractivity contribution in [2.24, 2.45) is 0 Å². The highest BCUT2D eigenvalue weighted by molar-refractivity contribution is 9.10. The Hall–Kier alpha value is -0.810. The molecule has 0 N–H and O–H groups in total. The molecule has 1 amide bonds. The monoisotopic (exact) mass is 289 g/mol. The van der Waals surface area contributed by atoms with E-state index in [0.717, 1.165) is 0 Å². The van der Waals surface area contributed by atoms with Crippen molar-refractivity contribution in [1.82, 2.24) is 4.90 Å². The van der Waals surface area contributed by atoms with Crippen LogP contribution in [0.3, 0.4) is 0 Å². The largest absolute Gasteiger partial charge is 0.457 e. The molecule has 0 aliphatic carbocycles. The van der Waals surface area contributed by atoms with Crippen molar-refractivity contribution in [2.45, 2.75) is 19.9 Å². The van der Waals surface area contributed by atoms with E-state index in [1.807, 2.05) is 13.8 Å². The van der Waals surface area contributed by atoms with Crippen LogP contribution in [0.2, 0.25) is 0 Å². The fourth-order valence-corrected chi connectivity index (χ4v) is 1.91. The minimum Gasteiger partial charge on any atom is -0.457 e. The smallest absolute Gasteiger partial charge is 0.257 e. The van der Waals surface area contributed by atoms with E-state index in [-0.39, 0.29) is 11.9 Å². The Morgan fingerprint density at radius 1 is 1.69 bits per heavy atom. The summed E-state index contributed by atoms with van der Waals surface area (Å²) >= 11 is 3.18. The lowest BCUT2D eigenvalue weighted by molar-refractivity contribution is 0.0578. The maximum absolute atomic E-state index is 12.1. The van der Waals surface area contributed by atoms with Crippen LogP contribution in [0.15, 0.2) is 21.4 Å². The van der Waals surface area contributed by atoms with Crippen LogP contribution in [0.5, 0.6) is 0 Å². The van der Waals surface area contributed by atoms with Gasteiger partial charge in [0.2, 0.25) is 0 Å². The minimum absolute atomic E-state index is 0.0403. The summed E-state index contributed by atoms with van der Waals surface area (Å²) in [5.74, 6) is -0.0403. The molecule has 0 spiro atoms. The molecule has 0 bridgehead atoms. The molecule has 0 unspecified atom stereocenters. The summed E-state index contributed by atoms with van der Waals surface area (Å²) in [6, 6.07) is 1.72. The van der Waals surface area contributed by atoms with Gasteiger partial charge in [-0.2, -0.15) is 0 Å². The molecular formula is C11H16BrNO3. The highest BCUT2D eigenvalue weighted by Crippen LogP contribution is 2.16. The second-order valence-corrected chi connectivity index (χ2v) is 4.32. The van der Waals surface area contributed by atoms with E-state index in [1.54, 1.807) is 18.1 Å². The van der Waals surface area contributed by atoms with Gasteiger partial charge in [0.05, 0.1) is 18.2 Å². The number of hydrogen-bond acceptors (Lipinski definition) is 3. The highest BCUT2D eigenvalue weighted by Gasteiger charge is 2.21. The average Bonchev–Trinajstić information content (AvgIpc) is 2.66. The zero-order valence-corrected chi connectivity index (χ0v) is 11.3. The number of halogens is 1. The molecular weight excluding hydrogens is 274 g/mol. The Kier molecular flexibility index (Phi) is 5.02. The molecule has 90 valence electrons. The first-order valence-corrected chi connectivity index (χ1v) is 5.93. The number of carbonyl (C=O) groups is 1. The van der Waals surface area contributed by atoms with Gasteiger partial charge in [-0.1, -0.05) is 0 Å². The number of nitrogens with zero attached hydrogens (tertiary/aromatic N) is 1. The van der Waals surface area contributed by atoms with E-state index in [2.05, 4.69) is 15.9 Å². The number of furan rings is 1. The van der Waals surface area contributed by atoms with E-state index in [4.69, 9.17) is 9.15 Å². The van der Waals surface area contributed by atoms with Gasteiger partial charge in [0.15, 0.2) is 4.67 Å². The summed E-state index contributed by atoms with van der Waals surface area (Å²) in [7, 11) is 1.63. The number of hydrogen-bond donors (Lipinski definition) is 0. The van der Waals surface area contributed by atoms with Gasteiger partial charge in [-0.05, 0) is 29.8 Å². The zero-order valence-electron chi connectivity index (χ0n) is 9.70. The van der Waals surface area contributed by atoms with Gasteiger partial charge in [-0.3, -0.25) is 4.79 Å². The number of amides is 1. The van der Waals surface area contributed by atoms with Crippen LogP contribution >= 0.6 is 15.9 Å². The first kappa shape index (κ1) is 13.3. The fourth-order valence-electron chi connectivity index (χ4n) is 1.57. The van der Waals surface area contributed by atoms with Crippen LogP contribution in [0.4, 0.5) is 0 Å². The quantitative estimate of drug-likeness (QED) is 0.837. The Balaban J connectivity index is 2.77. The van der Waals surface area contributed by atoms with Gasteiger partial charge >= 0.3 is 0 Å². The van der Waals surface area contributed by atoms with E-state index in [0.29, 0.717) is 23.4 Å². The summed E-state index contributed by atoms with van der Waals surface area (Å²) < 4.78 is 10.7. The Labute approximate surface area is 104 Å². The number of methoxy groups -OCH3 is 1. The molecule has 0 saturated carbocycles. The summed E-state index contributed by atoms with van der Waals surface area (Å²) in [5, 5.41) is 0. The van der Waals surface area contributed by atoms with Crippen LogP contribution in [-0.2, 0) is 4.74 Å². The first-order valence-electron chi connectivity index (χ1n) is 5.14. The standard InChI is InChI=1S/C11H16BrNO3/c1-4-13(8(2)6-15-3)11(14)9-5-10(12)16-7-9/h5,7-8H,4,6H2,1-3H3/t8-/m0/s1. The van der Waals surface area contributed by atoms with Gasteiger partial charge in [0.1, 0.15) is 6.26 Å². The molecule has 0 radical (unpaired) electrons. The van der Waals surface area contributed by atoms with Crippen LogP contribution < -0.4 is 0 Å². The second-order valence-electron chi connectivity index (χ2n) is 3.54. The maximum atomic E-state index is 12.1. The van der Waals surface area contributed by atoms with Crippen molar-refractivity contribution in [1.29, 1.82) is 0 Å². The van der Waals surface area contributed by atoms with Crippen molar-refractivity contribution < 1.29 is 13.9 Å². The minimum atomic E-state index is -0.0403. The maximum Gasteiger partial charge on any atom is 0.257 e. The fraction of sp³-hybridized carbons (Fsp3) is 0.545. The Morgan fingerprint density at radius 3 is 2.81 bits per heavy atom. The molecule has 1 heterocycles. The molecule has 0 aromatic carbocycles. The van der Waals surface area contributed by atoms with Crippen molar-refractivity contribution >= 4 is 21.8 Å². The molecule has 5 heteroatoms. The number of rotatable bonds is 5. The molecule has 1 aromatic heterocycles. The normalized spacial score (nSPS) is 12.5. The molecule has 1 aromatic rings. The van der Waals surface area contributed by atoms with E-state index in [9.17, 15) is 4.79 Å². The Morgan fingerprint density at radius 2 is 2.38 bits per heavy atom. The van der Waals surface area contributed by atoms with Crippen molar-refractivity contribution in [3.05, 3.63) is 22.6 Å². The summed E-state index contributed by atoms with van der Waals surface area (Å²) in [6.45, 7) is 5.07. The van der Waals surface area contributed by atoms with Gasteiger partial charge in [-0.15, -0.1) is 0 Å². The third-order valence-corrected chi connectivity index (χ3v) is 2.77. The lowest BCUT2D eigenvalue weighted by atomic mass is 10.2. The number of carbonyl (C=O) groups excluding carboxylic acids is 1. The third kappa shape index (κ3) is 3.09. The number of likely N-dealkylation sites (N-methyl/N-ethyl adjacent to an activating group) is 1. The van der Waals surface area contributed by atoms with Gasteiger partial charge in [-0.25, -0.2) is 0 Å². The highest BCUT2D eigenvalue weighted by atomic mass is 79.9. The molecule has 0 aliphatic heterocycles. The van der Waals surface area contributed by atoms with Crippen molar-refractivity contribution in [3.8, 4) is 0 Å². The molecule has 0 aliphatic rings. The SMILES string of the molecule is CCN(C(=O)c1coc(Br)c1)[C@@H](C)COC. The lowest BCUT2D eigenvalue weighted by Crippen LogP contribution is -2.40. The third-order valence-electron chi connectivity index (χ3n) is 2.36. The average molecular weight is 290 g/mol. The summed E-state index contributed by atoms with van der Waals surface area (Å²) in [6.07, 6.45) is 1.45. The molecule has 0 saturated heterocycles. The second kappa shape index (κ2) is 6.06. The zero-order chi connectivity index (χ0) is 12.1. The molecule has 4 nitrogen and oxygen atoms in total. The molecule has 0 fully saturated rings. The van der Waals surface area contributed by atoms with Crippen LogP contribution in [0, 0.1) is 0 Å². The van der Waals surface area contributed by atoms with E-state index < -0.39 is 0 Å². The predicted molar refractivity (Wildman–Crippen MR) is 64.5 cm³/mol.